The van der Waals surface area contributed by atoms with Crippen LogP contribution < -0.4 is 5.32 Å². The Labute approximate surface area is 127 Å². The van der Waals surface area contributed by atoms with Gasteiger partial charge < -0.3 is 9.73 Å². The fraction of sp³-hybridized carbons (Fsp3) is 0.167. The normalized spacial score (nSPS) is 20.4. The molecule has 0 aliphatic carbocycles. The van der Waals surface area contributed by atoms with E-state index in [9.17, 15) is 4.79 Å². The van der Waals surface area contributed by atoms with Gasteiger partial charge in [-0.2, -0.15) is 4.99 Å². The lowest BCUT2D eigenvalue weighted by Crippen LogP contribution is -2.23. The molecule has 1 aromatic heterocycles. The first-order chi connectivity index (χ1) is 9.61. The Balaban J connectivity index is 1.82. The third-order valence-corrected chi connectivity index (χ3v) is 4.10. The van der Waals surface area contributed by atoms with Crippen LogP contribution >= 0.6 is 27.7 Å². The molecule has 8 heteroatoms. The zero-order valence-corrected chi connectivity index (χ0v) is 12.7. The van der Waals surface area contributed by atoms with Crippen LogP contribution in [0.5, 0.6) is 0 Å². The van der Waals surface area contributed by atoms with Gasteiger partial charge in [0.2, 0.25) is 11.8 Å². The Morgan fingerprint density at radius 3 is 2.75 bits per heavy atom. The molecule has 20 heavy (non-hydrogen) atoms. The average Bonchev–Trinajstić information content (AvgIpc) is 2.99. The minimum Gasteiger partial charge on any atom is -0.402 e. The summed E-state index contributed by atoms with van der Waals surface area (Å²) >= 11 is 4.69. The van der Waals surface area contributed by atoms with Gasteiger partial charge in [0.25, 0.3) is 0 Å². The van der Waals surface area contributed by atoms with Crippen LogP contribution in [-0.4, -0.2) is 26.5 Å². The van der Waals surface area contributed by atoms with Gasteiger partial charge in [0.05, 0.1) is 5.25 Å². The lowest BCUT2D eigenvalue weighted by molar-refractivity contribution is -0.118. The number of carbonyl (C=O) groups is 1. The SMILES string of the molecule is CC1SC(=Nc2nnc(-c3ccc(Br)cc3)o2)NC1=O. The number of nitrogens with one attached hydrogen (secondary N) is 1. The molecule has 2 aromatic rings. The molecule has 1 fully saturated rings. The lowest BCUT2D eigenvalue weighted by Gasteiger charge is -1.94. The summed E-state index contributed by atoms with van der Waals surface area (Å²) in [6.45, 7) is 1.81. The van der Waals surface area contributed by atoms with Crippen molar-refractivity contribution in [2.24, 2.45) is 4.99 Å². The van der Waals surface area contributed by atoms with E-state index >= 15 is 0 Å². The van der Waals surface area contributed by atoms with Crippen molar-refractivity contribution in [2.45, 2.75) is 12.2 Å². The first-order valence-corrected chi connectivity index (χ1v) is 7.45. The Bertz CT molecular complexity index is 683. The number of rotatable bonds is 2. The van der Waals surface area contributed by atoms with Gasteiger partial charge in [-0.15, -0.1) is 5.10 Å². The molecule has 3 rings (SSSR count). The summed E-state index contributed by atoms with van der Waals surface area (Å²) in [6, 6.07) is 7.63. The summed E-state index contributed by atoms with van der Waals surface area (Å²) in [7, 11) is 0. The lowest BCUT2D eigenvalue weighted by atomic mass is 10.2. The number of amides is 1. The van der Waals surface area contributed by atoms with E-state index in [1.165, 1.54) is 11.8 Å². The molecule has 2 heterocycles. The van der Waals surface area contributed by atoms with Crippen molar-refractivity contribution in [2.75, 3.05) is 0 Å². The van der Waals surface area contributed by atoms with Crippen molar-refractivity contribution >= 4 is 44.8 Å². The fourth-order valence-corrected chi connectivity index (χ4v) is 2.62. The second kappa shape index (κ2) is 5.37. The topological polar surface area (TPSA) is 80.4 Å². The second-order valence-corrected chi connectivity index (χ2v) is 6.31. The molecule has 1 atom stereocenters. The quantitative estimate of drug-likeness (QED) is 0.898. The molecular formula is C12H9BrN4O2S. The van der Waals surface area contributed by atoms with E-state index in [2.05, 4.69) is 36.4 Å². The molecule has 1 amide bonds. The average molecular weight is 353 g/mol. The second-order valence-electron chi connectivity index (χ2n) is 4.06. The third-order valence-electron chi connectivity index (χ3n) is 2.59. The van der Waals surface area contributed by atoms with Crippen LogP contribution in [0.25, 0.3) is 11.5 Å². The third kappa shape index (κ3) is 2.75. The summed E-state index contributed by atoms with van der Waals surface area (Å²) in [6.07, 6.45) is 0. The van der Waals surface area contributed by atoms with Gasteiger partial charge in [-0.3, -0.25) is 4.79 Å². The monoisotopic (exact) mass is 352 g/mol. The number of aromatic nitrogens is 2. The van der Waals surface area contributed by atoms with E-state index in [-0.39, 0.29) is 17.2 Å². The van der Waals surface area contributed by atoms with Crippen LogP contribution in [0.1, 0.15) is 6.92 Å². The molecule has 0 saturated carbocycles. The standard InChI is InChI=1S/C12H9BrN4O2S/c1-6-9(18)14-12(20-6)15-11-17-16-10(19-11)7-2-4-8(13)5-3-7/h2-6H,1H3,(H,14,15,17,18). The predicted molar refractivity (Wildman–Crippen MR) is 79.7 cm³/mol. The van der Waals surface area contributed by atoms with Crippen LogP contribution in [0.15, 0.2) is 38.1 Å². The number of benzene rings is 1. The van der Waals surface area contributed by atoms with E-state index in [1.807, 2.05) is 31.2 Å². The van der Waals surface area contributed by atoms with E-state index in [0.717, 1.165) is 10.0 Å². The summed E-state index contributed by atoms with van der Waals surface area (Å²) in [5, 5.41) is 10.8. The Kier molecular flexibility index (Phi) is 3.58. The van der Waals surface area contributed by atoms with E-state index in [0.29, 0.717) is 11.1 Å². The van der Waals surface area contributed by atoms with E-state index in [1.54, 1.807) is 0 Å². The predicted octanol–water partition coefficient (Wildman–Crippen LogP) is 2.74. The smallest absolute Gasteiger partial charge is 0.345 e. The maximum atomic E-state index is 11.3. The molecule has 102 valence electrons. The molecule has 0 spiro atoms. The highest BCUT2D eigenvalue weighted by Crippen LogP contribution is 2.25. The number of hydrogen-bond acceptors (Lipinski definition) is 6. The van der Waals surface area contributed by atoms with Gasteiger partial charge in [0.1, 0.15) is 0 Å². The van der Waals surface area contributed by atoms with Crippen LogP contribution in [0.4, 0.5) is 6.01 Å². The summed E-state index contributed by atoms with van der Waals surface area (Å²) in [4.78, 5) is 15.5. The van der Waals surface area contributed by atoms with Crippen molar-refractivity contribution < 1.29 is 9.21 Å². The van der Waals surface area contributed by atoms with Crippen molar-refractivity contribution in [3.05, 3.63) is 28.7 Å². The maximum Gasteiger partial charge on any atom is 0.345 e. The summed E-state index contributed by atoms with van der Waals surface area (Å²) in [5.41, 5.74) is 0.809. The zero-order chi connectivity index (χ0) is 14.1. The van der Waals surface area contributed by atoms with Gasteiger partial charge in [-0.25, -0.2) is 0 Å². The molecule has 1 aliphatic rings. The number of nitrogens with zero attached hydrogens (tertiary/aromatic N) is 3. The Morgan fingerprint density at radius 2 is 2.10 bits per heavy atom. The molecule has 1 unspecified atom stereocenters. The van der Waals surface area contributed by atoms with Gasteiger partial charge >= 0.3 is 6.01 Å². The molecule has 1 saturated heterocycles. The zero-order valence-electron chi connectivity index (χ0n) is 10.3. The number of aliphatic imine (C=N–C) groups is 1. The van der Waals surface area contributed by atoms with Crippen molar-refractivity contribution in [3.63, 3.8) is 0 Å². The Morgan fingerprint density at radius 1 is 1.35 bits per heavy atom. The van der Waals surface area contributed by atoms with E-state index in [4.69, 9.17) is 4.42 Å². The van der Waals surface area contributed by atoms with Crippen LogP contribution in [0.3, 0.4) is 0 Å². The number of halogens is 1. The minimum absolute atomic E-state index is 0.0681. The highest BCUT2D eigenvalue weighted by Gasteiger charge is 2.26. The Hall–Kier alpha value is -1.67. The van der Waals surface area contributed by atoms with Gasteiger partial charge in [0.15, 0.2) is 5.17 Å². The highest BCUT2D eigenvalue weighted by atomic mass is 79.9. The van der Waals surface area contributed by atoms with Crippen LogP contribution in [-0.2, 0) is 4.79 Å². The summed E-state index contributed by atoms with van der Waals surface area (Å²) in [5.74, 6) is 0.320. The number of amidine groups is 1. The molecule has 1 aromatic carbocycles. The van der Waals surface area contributed by atoms with Gasteiger partial charge in [-0.05, 0) is 31.2 Å². The first-order valence-electron chi connectivity index (χ1n) is 5.77. The molecule has 1 N–H and O–H groups in total. The maximum absolute atomic E-state index is 11.3. The van der Waals surface area contributed by atoms with Crippen molar-refractivity contribution in [3.8, 4) is 11.5 Å². The van der Waals surface area contributed by atoms with Crippen molar-refractivity contribution in [1.29, 1.82) is 0 Å². The van der Waals surface area contributed by atoms with Gasteiger partial charge in [-0.1, -0.05) is 32.8 Å². The van der Waals surface area contributed by atoms with Gasteiger partial charge in [0, 0.05) is 10.0 Å². The van der Waals surface area contributed by atoms with Crippen molar-refractivity contribution in [1.82, 2.24) is 15.5 Å². The largest absolute Gasteiger partial charge is 0.402 e. The van der Waals surface area contributed by atoms with Crippen LogP contribution in [0, 0.1) is 0 Å². The molecule has 0 radical (unpaired) electrons. The summed E-state index contributed by atoms with van der Waals surface area (Å²) < 4.78 is 6.42. The molecule has 6 nitrogen and oxygen atoms in total. The fourth-order valence-electron chi connectivity index (χ4n) is 1.57. The molecule has 1 aliphatic heterocycles. The number of carbonyl (C=O) groups excluding carboxylic acids is 1. The molecule has 0 bridgehead atoms. The number of thioether (sulfide) groups is 1. The number of hydrogen-bond donors (Lipinski definition) is 1. The minimum atomic E-state index is -0.150. The molecular weight excluding hydrogens is 344 g/mol. The highest BCUT2D eigenvalue weighted by molar-refractivity contribution is 9.10. The van der Waals surface area contributed by atoms with Crippen LogP contribution in [0.2, 0.25) is 0 Å². The first kappa shape index (κ1) is 13.3. The van der Waals surface area contributed by atoms with E-state index < -0.39 is 0 Å².